The van der Waals surface area contributed by atoms with Gasteiger partial charge in [0.25, 0.3) is 0 Å². The fourth-order valence-corrected chi connectivity index (χ4v) is 2.43. The van der Waals surface area contributed by atoms with Crippen molar-refractivity contribution >= 4 is 18.0 Å². The lowest BCUT2D eigenvalue weighted by Gasteiger charge is -1.95. The number of hydrogen-bond donors (Lipinski definition) is 0. The van der Waals surface area contributed by atoms with E-state index < -0.39 is 0 Å². The quantitative estimate of drug-likeness (QED) is 0.465. The smallest absolute Gasteiger partial charge is 0.228 e. The van der Waals surface area contributed by atoms with Gasteiger partial charge in [0.1, 0.15) is 0 Å². The third kappa shape index (κ3) is 3.58. The van der Waals surface area contributed by atoms with Crippen molar-refractivity contribution in [2.45, 2.75) is 18.9 Å². The number of nitrogens with zero attached hydrogens (tertiary/aromatic N) is 1. The zero-order valence-electron chi connectivity index (χ0n) is 10.9. The van der Waals surface area contributed by atoms with Gasteiger partial charge in [-0.15, -0.1) is 0 Å². The van der Waals surface area contributed by atoms with Gasteiger partial charge in [0.2, 0.25) is 5.89 Å². The Morgan fingerprint density at radius 1 is 1.32 bits per heavy atom. The first-order valence-corrected chi connectivity index (χ1v) is 6.97. The normalized spacial score (nSPS) is 10.2. The minimum atomic E-state index is 0.367. The van der Waals surface area contributed by atoms with Gasteiger partial charge in [-0.3, -0.25) is 4.79 Å². The molecule has 0 bridgehead atoms. The summed E-state index contributed by atoms with van der Waals surface area (Å²) in [6.45, 7) is 4.08. The molecular weight excluding hydrogens is 258 g/mol. The van der Waals surface area contributed by atoms with Crippen molar-refractivity contribution < 1.29 is 9.21 Å². The fourth-order valence-electron chi connectivity index (χ4n) is 1.48. The molecule has 0 saturated heterocycles. The van der Waals surface area contributed by atoms with Crippen LogP contribution in [0, 0.1) is 0 Å². The number of oxazole rings is 1. The molecule has 4 heteroatoms. The third-order valence-electron chi connectivity index (χ3n) is 2.46. The van der Waals surface area contributed by atoms with Gasteiger partial charge in [0, 0.05) is 11.3 Å². The fraction of sp³-hybridized carbons (Fsp3) is 0.200. The van der Waals surface area contributed by atoms with Crippen molar-refractivity contribution in [2.75, 3.05) is 5.75 Å². The van der Waals surface area contributed by atoms with Gasteiger partial charge in [-0.05, 0) is 26.0 Å². The highest BCUT2D eigenvalue weighted by atomic mass is 32.2. The summed E-state index contributed by atoms with van der Waals surface area (Å²) in [6.07, 6.45) is 2.82. The molecule has 0 aliphatic heterocycles. The van der Waals surface area contributed by atoms with Gasteiger partial charge in [-0.25, -0.2) is 4.98 Å². The Balaban J connectivity index is 2.23. The van der Waals surface area contributed by atoms with Crippen LogP contribution in [0.1, 0.15) is 24.3 Å². The molecule has 0 N–H and O–H groups in total. The molecule has 0 saturated carbocycles. The van der Waals surface area contributed by atoms with Gasteiger partial charge < -0.3 is 4.42 Å². The topological polar surface area (TPSA) is 43.1 Å². The summed E-state index contributed by atoms with van der Waals surface area (Å²) in [5, 5.41) is 0.575. The molecule has 0 aliphatic carbocycles. The largest absolute Gasteiger partial charge is 0.429 e. The van der Waals surface area contributed by atoms with E-state index in [-0.39, 0.29) is 0 Å². The van der Waals surface area contributed by atoms with Gasteiger partial charge in [0.15, 0.2) is 17.1 Å². The summed E-state index contributed by atoms with van der Waals surface area (Å²) in [5.41, 5.74) is 2.48. The summed E-state index contributed by atoms with van der Waals surface area (Å²) in [7, 11) is 0. The molecule has 98 valence electrons. The van der Waals surface area contributed by atoms with E-state index in [2.05, 4.69) is 11.1 Å². The minimum Gasteiger partial charge on any atom is -0.429 e. The van der Waals surface area contributed by atoms with E-state index in [1.807, 2.05) is 44.2 Å². The summed E-state index contributed by atoms with van der Waals surface area (Å²) < 4.78 is 5.66. The second-order valence-electron chi connectivity index (χ2n) is 4.27. The number of hydrogen-bond acceptors (Lipinski definition) is 4. The molecule has 0 spiro atoms. The van der Waals surface area contributed by atoms with Gasteiger partial charge in [-0.1, -0.05) is 41.6 Å². The van der Waals surface area contributed by atoms with E-state index in [1.165, 1.54) is 17.3 Å². The van der Waals surface area contributed by atoms with Crippen LogP contribution >= 0.6 is 11.8 Å². The Labute approximate surface area is 116 Å². The molecule has 0 amide bonds. The standard InChI is InChI=1S/C15H15NO2S/c1-11(2)8-9-19-15-13(10-17)16-14(18-15)12-6-4-3-5-7-12/h3-8,10H,9H2,1-2H3. The van der Waals surface area contributed by atoms with Crippen LogP contribution in [0.2, 0.25) is 0 Å². The summed E-state index contributed by atoms with van der Waals surface area (Å²) in [6, 6.07) is 9.57. The average molecular weight is 273 g/mol. The Kier molecular flexibility index (Phi) is 4.58. The SMILES string of the molecule is CC(C)=CCSc1oc(-c2ccccc2)nc1C=O. The summed E-state index contributed by atoms with van der Waals surface area (Å²) >= 11 is 1.48. The van der Waals surface area contributed by atoms with E-state index >= 15 is 0 Å². The van der Waals surface area contributed by atoms with Crippen molar-refractivity contribution in [3.8, 4) is 11.5 Å². The number of carbonyl (C=O) groups excluding carboxylic acids is 1. The number of thioether (sulfide) groups is 1. The second kappa shape index (κ2) is 6.38. The van der Waals surface area contributed by atoms with Crippen LogP contribution < -0.4 is 0 Å². The van der Waals surface area contributed by atoms with E-state index in [0.29, 0.717) is 16.7 Å². The summed E-state index contributed by atoms with van der Waals surface area (Å²) in [5.74, 6) is 1.26. The van der Waals surface area contributed by atoms with Crippen LogP contribution in [0.25, 0.3) is 11.5 Å². The van der Waals surface area contributed by atoms with Crippen LogP contribution in [0.15, 0.2) is 51.5 Å². The Morgan fingerprint density at radius 3 is 2.68 bits per heavy atom. The molecule has 1 aromatic carbocycles. The maximum atomic E-state index is 11.0. The number of allylic oxidation sites excluding steroid dienone is 1. The highest BCUT2D eigenvalue weighted by molar-refractivity contribution is 7.99. The highest BCUT2D eigenvalue weighted by Gasteiger charge is 2.13. The maximum Gasteiger partial charge on any atom is 0.228 e. The van der Waals surface area contributed by atoms with E-state index in [4.69, 9.17) is 4.42 Å². The molecule has 0 fully saturated rings. The maximum absolute atomic E-state index is 11.0. The molecule has 0 aliphatic rings. The lowest BCUT2D eigenvalue weighted by atomic mass is 10.2. The average Bonchev–Trinajstić information content (AvgIpc) is 2.83. The Bertz CT molecular complexity index is 583. The third-order valence-corrected chi connectivity index (χ3v) is 3.35. The molecule has 1 heterocycles. The van der Waals surface area contributed by atoms with E-state index in [1.54, 1.807) is 0 Å². The van der Waals surface area contributed by atoms with Crippen LogP contribution in [-0.2, 0) is 0 Å². The second-order valence-corrected chi connectivity index (χ2v) is 5.26. The zero-order chi connectivity index (χ0) is 13.7. The van der Waals surface area contributed by atoms with Crippen LogP contribution in [0.5, 0.6) is 0 Å². The molecule has 19 heavy (non-hydrogen) atoms. The zero-order valence-corrected chi connectivity index (χ0v) is 11.7. The molecule has 1 aromatic heterocycles. The summed E-state index contributed by atoms with van der Waals surface area (Å²) in [4.78, 5) is 15.2. The Morgan fingerprint density at radius 2 is 2.05 bits per heavy atom. The molecule has 2 rings (SSSR count). The number of aldehydes is 1. The highest BCUT2D eigenvalue weighted by Crippen LogP contribution is 2.28. The van der Waals surface area contributed by atoms with Gasteiger partial charge >= 0.3 is 0 Å². The van der Waals surface area contributed by atoms with Crippen molar-refractivity contribution in [1.82, 2.24) is 4.98 Å². The van der Waals surface area contributed by atoms with Crippen molar-refractivity contribution in [2.24, 2.45) is 0 Å². The first kappa shape index (κ1) is 13.6. The number of rotatable bonds is 5. The predicted molar refractivity (Wildman–Crippen MR) is 77.5 cm³/mol. The first-order valence-electron chi connectivity index (χ1n) is 5.98. The van der Waals surface area contributed by atoms with E-state index in [9.17, 15) is 4.79 Å². The van der Waals surface area contributed by atoms with E-state index in [0.717, 1.165) is 17.6 Å². The molecule has 0 atom stereocenters. The van der Waals surface area contributed by atoms with Crippen LogP contribution in [0.3, 0.4) is 0 Å². The van der Waals surface area contributed by atoms with Crippen molar-refractivity contribution in [3.05, 3.63) is 47.7 Å². The van der Waals surface area contributed by atoms with Crippen molar-refractivity contribution in [1.29, 1.82) is 0 Å². The molecular formula is C15H15NO2S. The Hall–Kier alpha value is -1.81. The van der Waals surface area contributed by atoms with Gasteiger partial charge in [0.05, 0.1) is 0 Å². The number of carbonyl (C=O) groups is 1. The first-order chi connectivity index (χ1) is 9.20. The van der Waals surface area contributed by atoms with Crippen LogP contribution in [0.4, 0.5) is 0 Å². The molecule has 3 nitrogen and oxygen atoms in total. The van der Waals surface area contributed by atoms with Gasteiger partial charge in [-0.2, -0.15) is 0 Å². The minimum absolute atomic E-state index is 0.367. The molecule has 0 radical (unpaired) electrons. The monoisotopic (exact) mass is 273 g/mol. The lowest BCUT2D eigenvalue weighted by molar-refractivity contribution is 0.111. The molecule has 0 unspecified atom stereocenters. The predicted octanol–water partition coefficient (Wildman–Crippen LogP) is 4.21. The lowest BCUT2D eigenvalue weighted by Crippen LogP contribution is -1.83. The number of aromatic nitrogens is 1. The molecule has 2 aromatic rings. The number of benzene rings is 1. The van der Waals surface area contributed by atoms with Crippen molar-refractivity contribution in [3.63, 3.8) is 0 Å². The van der Waals surface area contributed by atoms with Crippen LogP contribution in [-0.4, -0.2) is 17.0 Å².